The van der Waals surface area contributed by atoms with Crippen molar-refractivity contribution in [2.45, 2.75) is 56.8 Å². The van der Waals surface area contributed by atoms with Gasteiger partial charge in [0, 0.05) is 6.54 Å². The molecule has 1 saturated carbocycles. The molecule has 0 saturated heterocycles. The minimum Gasteiger partial charge on any atom is -0.306 e. The number of hydrogen-bond donors (Lipinski definition) is 0. The van der Waals surface area contributed by atoms with Gasteiger partial charge in [-0.3, -0.25) is 0 Å². The fraction of sp³-hybridized carbons (Fsp3) is 0.538. The molecule has 0 spiro atoms. The van der Waals surface area contributed by atoms with Gasteiger partial charge in [0.2, 0.25) is 0 Å². The molecule has 0 aliphatic heterocycles. The highest BCUT2D eigenvalue weighted by Gasteiger charge is 2.56. The van der Waals surface area contributed by atoms with Gasteiger partial charge in [-0.15, -0.1) is 0 Å². The van der Waals surface area contributed by atoms with E-state index in [2.05, 4.69) is 24.1 Å². The van der Waals surface area contributed by atoms with Crippen LogP contribution in [0.3, 0.4) is 0 Å². The van der Waals surface area contributed by atoms with Crippen LogP contribution in [0.15, 0.2) is 54.6 Å². The molecule has 2 aromatic carbocycles. The fourth-order valence-electron chi connectivity index (χ4n) is 4.81. The van der Waals surface area contributed by atoms with Crippen molar-refractivity contribution in [3.05, 3.63) is 71.3 Å². The molecule has 2 aromatic rings. The highest BCUT2D eigenvalue weighted by Crippen LogP contribution is 2.52. The van der Waals surface area contributed by atoms with Crippen molar-refractivity contribution >= 4 is 0 Å². The van der Waals surface area contributed by atoms with Crippen LogP contribution in [-0.2, 0) is 12.8 Å². The van der Waals surface area contributed by atoms with Crippen LogP contribution in [0, 0.1) is 11.8 Å². The van der Waals surface area contributed by atoms with Crippen LogP contribution in [0.5, 0.6) is 0 Å². The van der Waals surface area contributed by atoms with Crippen LogP contribution in [0.4, 0.5) is 26.3 Å². The summed E-state index contributed by atoms with van der Waals surface area (Å²) in [6.45, 7) is 1.90. The zero-order valence-corrected chi connectivity index (χ0v) is 18.8. The third-order valence-corrected chi connectivity index (χ3v) is 6.77. The average molecular weight is 472 g/mol. The molecule has 1 aliphatic rings. The number of alkyl halides is 6. The molecule has 182 valence electrons. The first-order chi connectivity index (χ1) is 15.5. The monoisotopic (exact) mass is 471 g/mol. The molecule has 3 unspecified atom stereocenters. The second-order valence-corrected chi connectivity index (χ2v) is 9.19. The maximum Gasteiger partial charge on any atom is 0.392 e. The molecule has 33 heavy (non-hydrogen) atoms. The van der Waals surface area contributed by atoms with Crippen molar-refractivity contribution in [3.63, 3.8) is 0 Å². The molecule has 1 fully saturated rings. The van der Waals surface area contributed by atoms with Crippen LogP contribution in [-0.4, -0.2) is 37.4 Å². The first-order valence-corrected chi connectivity index (χ1v) is 11.5. The maximum absolute atomic E-state index is 13.3. The minimum atomic E-state index is -4.84. The molecule has 1 aliphatic carbocycles. The maximum atomic E-state index is 13.3. The molecule has 0 amide bonds. The molecule has 1 nitrogen and oxygen atoms in total. The number of likely N-dealkylation sites (N-methyl/N-ethyl adjacent to an activating group) is 1. The molecule has 0 radical (unpaired) electrons. The Morgan fingerprint density at radius 3 is 1.94 bits per heavy atom. The summed E-state index contributed by atoms with van der Waals surface area (Å²) in [6, 6.07) is 17.7. The van der Waals surface area contributed by atoms with Crippen molar-refractivity contribution in [3.8, 4) is 0 Å². The van der Waals surface area contributed by atoms with Crippen molar-refractivity contribution in [1.82, 2.24) is 4.90 Å². The molecular formula is C26H31F6N. The number of nitrogens with zero attached hydrogens (tertiary/aromatic N) is 1. The Hall–Kier alpha value is -2.02. The van der Waals surface area contributed by atoms with Crippen LogP contribution in [0.25, 0.3) is 0 Å². The predicted molar refractivity (Wildman–Crippen MR) is 118 cm³/mol. The van der Waals surface area contributed by atoms with Gasteiger partial charge in [0.15, 0.2) is 0 Å². The summed E-state index contributed by atoms with van der Waals surface area (Å²) < 4.78 is 79.3. The van der Waals surface area contributed by atoms with Gasteiger partial charge in [0.25, 0.3) is 0 Å². The standard InChI is InChI=1S/C26H31F6N/c1-33(17-15-19-6-3-2-4-7-19)16-5-8-20-9-11-21(12-10-20)22-13-14-23(25(27,28)29)24(18-22)26(30,31)32/h2-4,6-7,9-12,22-24H,5,8,13-18H2,1H3. The normalized spacial score (nSPS) is 22.0. The Morgan fingerprint density at radius 2 is 1.33 bits per heavy atom. The van der Waals surface area contributed by atoms with E-state index in [0.29, 0.717) is 5.56 Å². The van der Waals surface area contributed by atoms with Gasteiger partial charge in [0.05, 0.1) is 11.8 Å². The molecule has 0 bridgehead atoms. The Bertz CT molecular complexity index is 844. The van der Waals surface area contributed by atoms with E-state index in [1.165, 1.54) is 5.56 Å². The average Bonchev–Trinajstić information content (AvgIpc) is 2.77. The molecule has 3 rings (SSSR count). The highest BCUT2D eigenvalue weighted by atomic mass is 19.4. The minimum absolute atomic E-state index is 0.127. The summed E-state index contributed by atoms with van der Waals surface area (Å²) in [5.74, 6) is -5.12. The summed E-state index contributed by atoms with van der Waals surface area (Å²) in [6.07, 6.45) is -7.72. The second kappa shape index (κ2) is 10.9. The largest absolute Gasteiger partial charge is 0.392 e. The molecule has 3 atom stereocenters. The zero-order chi connectivity index (χ0) is 24.1. The third-order valence-electron chi connectivity index (χ3n) is 6.77. The number of benzene rings is 2. The quantitative estimate of drug-likeness (QED) is 0.362. The molecule has 0 aromatic heterocycles. The van der Waals surface area contributed by atoms with Gasteiger partial charge in [-0.25, -0.2) is 0 Å². The number of hydrogen-bond acceptors (Lipinski definition) is 1. The first kappa shape index (κ1) is 25.6. The van der Waals surface area contributed by atoms with Crippen LogP contribution >= 0.6 is 0 Å². The van der Waals surface area contributed by atoms with Crippen LogP contribution in [0.2, 0.25) is 0 Å². The summed E-state index contributed by atoms with van der Waals surface area (Å²) in [5, 5.41) is 0. The van der Waals surface area contributed by atoms with Gasteiger partial charge in [-0.1, -0.05) is 54.6 Å². The lowest BCUT2D eigenvalue weighted by atomic mass is 9.71. The van der Waals surface area contributed by atoms with Crippen molar-refractivity contribution < 1.29 is 26.3 Å². The highest BCUT2D eigenvalue weighted by molar-refractivity contribution is 5.26. The summed E-state index contributed by atoms with van der Waals surface area (Å²) in [7, 11) is 2.08. The van der Waals surface area contributed by atoms with Crippen LogP contribution < -0.4 is 0 Å². The van der Waals surface area contributed by atoms with E-state index in [-0.39, 0.29) is 6.42 Å². The smallest absolute Gasteiger partial charge is 0.306 e. The summed E-state index contributed by atoms with van der Waals surface area (Å²) in [4.78, 5) is 2.28. The van der Waals surface area contributed by atoms with E-state index >= 15 is 0 Å². The Balaban J connectivity index is 1.48. The lowest BCUT2D eigenvalue weighted by Crippen LogP contribution is -2.42. The Labute approximate surface area is 191 Å². The number of rotatable bonds is 8. The Morgan fingerprint density at radius 1 is 0.727 bits per heavy atom. The van der Waals surface area contributed by atoms with Gasteiger partial charge >= 0.3 is 12.4 Å². The molecule has 0 N–H and O–H groups in total. The van der Waals surface area contributed by atoms with Crippen LogP contribution in [0.1, 0.15) is 48.3 Å². The summed E-state index contributed by atoms with van der Waals surface area (Å²) in [5.41, 5.74) is 3.09. The van der Waals surface area contributed by atoms with Gasteiger partial charge in [0.1, 0.15) is 0 Å². The summed E-state index contributed by atoms with van der Waals surface area (Å²) >= 11 is 0. The van der Waals surface area contributed by atoms with Crippen molar-refractivity contribution in [1.29, 1.82) is 0 Å². The number of halogens is 6. The topological polar surface area (TPSA) is 3.24 Å². The van der Waals surface area contributed by atoms with E-state index in [4.69, 9.17) is 0 Å². The van der Waals surface area contributed by atoms with Crippen molar-refractivity contribution in [2.24, 2.45) is 11.8 Å². The van der Waals surface area contributed by atoms with Gasteiger partial charge < -0.3 is 4.90 Å². The second-order valence-electron chi connectivity index (χ2n) is 9.19. The van der Waals surface area contributed by atoms with Crippen molar-refractivity contribution in [2.75, 3.05) is 20.1 Å². The van der Waals surface area contributed by atoms with Gasteiger partial charge in [-0.2, -0.15) is 26.3 Å². The van der Waals surface area contributed by atoms with E-state index in [0.717, 1.165) is 37.9 Å². The molecular weight excluding hydrogens is 440 g/mol. The lowest BCUT2D eigenvalue weighted by molar-refractivity contribution is -0.263. The predicted octanol–water partition coefficient (Wildman–Crippen LogP) is 7.42. The fourth-order valence-corrected chi connectivity index (χ4v) is 4.81. The lowest BCUT2D eigenvalue weighted by Gasteiger charge is -2.38. The third kappa shape index (κ3) is 7.49. The SMILES string of the molecule is CN(CCCc1ccc(C2CCC(C(F)(F)F)C(C(F)(F)F)C2)cc1)CCc1ccccc1. The van der Waals surface area contributed by atoms with E-state index in [1.54, 1.807) is 12.1 Å². The first-order valence-electron chi connectivity index (χ1n) is 11.5. The molecule has 0 heterocycles. The van der Waals surface area contributed by atoms with E-state index < -0.39 is 42.9 Å². The van der Waals surface area contributed by atoms with Gasteiger partial charge in [-0.05, 0) is 74.7 Å². The Kier molecular flexibility index (Phi) is 8.48. The molecule has 7 heteroatoms. The zero-order valence-electron chi connectivity index (χ0n) is 18.8. The van der Waals surface area contributed by atoms with E-state index in [9.17, 15) is 26.3 Å². The number of aryl methyl sites for hydroxylation is 1. The van der Waals surface area contributed by atoms with E-state index in [1.807, 2.05) is 30.3 Å².